The fourth-order valence-electron chi connectivity index (χ4n) is 2.26. The van der Waals surface area contributed by atoms with Crippen LogP contribution in [0.5, 0.6) is 0 Å². The van der Waals surface area contributed by atoms with E-state index in [1.165, 1.54) is 13.1 Å². The Morgan fingerprint density at radius 2 is 2.32 bits per heavy atom. The van der Waals surface area contributed by atoms with E-state index in [2.05, 4.69) is 20.2 Å². The van der Waals surface area contributed by atoms with E-state index >= 15 is 0 Å². The van der Waals surface area contributed by atoms with Gasteiger partial charge in [0.05, 0.1) is 6.20 Å². The number of alkyl halides is 2. The highest BCUT2D eigenvalue weighted by Gasteiger charge is 2.41. The van der Waals surface area contributed by atoms with Gasteiger partial charge in [-0.3, -0.25) is 14.9 Å². The van der Waals surface area contributed by atoms with Crippen LogP contribution in [0, 0.1) is 5.92 Å². The van der Waals surface area contributed by atoms with Gasteiger partial charge in [0, 0.05) is 25.4 Å². The number of nitrogens with one attached hydrogen (secondary N) is 2. The molecule has 3 heterocycles. The molecule has 1 aliphatic heterocycles. The normalized spacial score (nSPS) is 22.9. The molecule has 0 aliphatic carbocycles. The van der Waals surface area contributed by atoms with Gasteiger partial charge in [-0.05, 0) is 0 Å². The van der Waals surface area contributed by atoms with Crippen LogP contribution in [0.3, 0.4) is 0 Å². The summed E-state index contributed by atoms with van der Waals surface area (Å²) in [5.74, 6) is -3.12. The van der Waals surface area contributed by atoms with E-state index < -0.39 is 11.8 Å². The first-order valence-electron chi connectivity index (χ1n) is 6.03. The van der Waals surface area contributed by atoms with Crippen LogP contribution in [0.25, 0.3) is 11.0 Å². The summed E-state index contributed by atoms with van der Waals surface area (Å²) in [6.07, 6.45) is 1.15. The molecule has 0 aromatic carbocycles. The van der Waals surface area contributed by atoms with Gasteiger partial charge in [-0.25, -0.2) is 8.78 Å². The molecule has 19 heavy (non-hydrogen) atoms. The third-order valence-electron chi connectivity index (χ3n) is 3.54. The molecule has 2 aromatic heterocycles. The zero-order valence-electron chi connectivity index (χ0n) is 10.3. The summed E-state index contributed by atoms with van der Waals surface area (Å²) < 4.78 is 26.9. The minimum absolute atomic E-state index is 0.162. The lowest BCUT2D eigenvalue weighted by molar-refractivity contribution is -0.0653. The maximum Gasteiger partial charge on any atom is 0.263 e. The number of hydrogen-bond donors (Lipinski definition) is 2. The Morgan fingerprint density at radius 1 is 1.53 bits per heavy atom. The molecule has 0 saturated carbocycles. The van der Waals surface area contributed by atoms with Crippen LogP contribution in [0.1, 0.15) is 13.3 Å². The number of hydrogen-bond acceptors (Lipinski definition) is 4. The number of H-pyrrole nitrogens is 2. The molecule has 0 bridgehead atoms. The van der Waals surface area contributed by atoms with Gasteiger partial charge in [0.1, 0.15) is 5.39 Å². The second kappa shape index (κ2) is 4.01. The minimum Gasteiger partial charge on any atom is -0.342 e. The van der Waals surface area contributed by atoms with Gasteiger partial charge < -0.3 is 4.90 Å². The zero-order valence-corrected chi connectivity index (χ0v) is 10.3. The van der Waals surface area contributed by atoms with Crippen LogP contribution < -0.4 is 10.5 Å². The van der Waals surface area contributed by atoms with Crippen molar-refractivity contribution in [1.29, 1.82) is 0 Å². The van der Waals surface area contributed by atoms with Gasteiger partial charge in [0.15, 0.2) is 5.65 Å². The van der Waals surface area contributed by atoms with Crippen molar-refractivity contribution >= 4 is 17.0 Å². The molecule has 1 fully saturated rings. The van der Waals surface area contributed by atoms with Crippen LogP contribution in [0.15, 0.2) is 11.0 Å². The van der Waals surface area contributed by atoms with Crippen molar-refractivity contribution in [3.05, 3.63) is 16.6 Å². The highest BCUT2D eigenvalue weighted by Crippen LogP contribution is 2.33. The number of halogens is 2. The van der Waals surface area contributed by atoms with E-state index in [9.17, 15) is 13.6 Å². The maximum absolute atomic E-state index is 13.4. The number of rotatable bonds is 1. The summed E-state index contributed by atoms with van der Waals surface area (Å²) in [5, 5.41) is 6.71. The largest absolute Gasteiger partial charge is 0.342 e. The van der Waals surface area contributed by atoms with Crippen molar-refractivity contribution in [2.45, 2.75) is 19.3 Å². The SMILES string of the molecule is CC1CN(c2nc3[nH]ncc3c(=O)[nH]2)CCC1(F)F. The monoisotopic (exact) mass is 269 g/mol. The Bertz CT molecular complexity index is 664. The molecular weight excluding hydrogens is 256 g/mol. The van der Waals surface area contributed by atoms with Crippen LogP contribution in [-0.2, 0) is 0 Å². The third-order valence-corrected chi connectivity index (χ3v) is 3.54. The van der Waals surface area contributed by atoms with Gasteiger partial charge in [-0.15, -0.1) is 0 Å². The molecule has 1 unspecified atom stereocenters. The Morgan fingerprint density at radius 3 is 3.05 bits per heavy atom. The summed E-state index contributed by atoms with van der Waals surface area (Å²) in [6, 6.07) is 0. The lowest BCUT2D eigenvalue weighted by Gasteiger charge is -2.36. The fourth-order valence-corrected chi connectivity index (χ4v) is 2.26. The number of piperidine rings is 1. The number of nitrogens with zero attached hydrogens (tertiary/aromatic N) is 3. The van der Waals surface area contributed by atoms with E-state index in [0.717, 1.165) is 0 Å². The highest BCUT2D eigenvalue weighted by atomic mass is 19.3. The zero-order chi connectivity index (χ0) is 13.6. The second-order valence-corrected chi connectivity index (χ2v) is 4.88. The lowest BCUT2D eigenvalue weighted by atomic mass is 9.96. The highest BCUT2D eigenvalue weighted by molar-refractivity contribution is 5.73. The van der Waals surface area contributed by atoms with Gasteiger partial charge in [0.2, 0.25) is 5.95 Å². The van der Waals surface area contributed by atoms with Crippen LogP contribution in [0.4, 0.5) is 14.7 Å². The minimum atomic E-state index is -2.66. The molecule has 1 aliphatic rings. The third kappa shape index (κ3) is 1.96. The van der Waals surface area contributed by atoms with E-state index in [0.29, 0.717) is 17.0 Å². The molecule has 3 rings (SSSR count). The first kappa shape index (κ1) is 12.1. The summed E-state index contributed by atoms with van der Waals surface area (Å²) in [4.78, 5) is 20.3. The predicted molar refractivity (Wildman–Crippen MR) is 65.5 cm³/mol. The topological polar surface area (TPSA) is 77.7 Å². The van der Waals surface area contributed by atoms with Crippen molar-refractivity contribution in [2.24, 2.45) is 5.92 Å². The fraction of sp³-hybridized carbons (Fsp3) is 0.545. The molecule has 8 heteroatoms. The molecule has 0 amide bonds. The van der Waals surface area contributed by atoms with Crippen LogP contribution in [-0.4, -0.2) is 39.2 Å². The van der Waals surface area contributed by atoms with Crippen molar-refractivity contribution in [2.75, 3.05) is 18.0 Å². The van der Waals surface area contributed by atoms with E-state index in [4.69, 9.17) is 0 Å². The predicted octanol–water partition coefficient (Wildman–Crippen LogP) is 1.13. The standard InChI is InChI=1S/C11H13F2N5O/c1-6-5-18(3-2-11(6,12)13)10-15-8-7(4-14-17-8)9(19)16-10/h4,6H,2-3,5H2,1H3,(H2,14,15,16,17,19). The molecule has 6 nitrogen and oxygen atoms in total. The van der Waals surface area contributed by atoms with Crippen LogP contribution in [0.2, 0.25) is 0 Å². The summed E-state index contributed by atoms with van der Waals surface area (Å²) in [6.45, 7) is 1.83. The van der Waals surface area contributed by atoms with Gasteiger partial charge >= 0.3 is 0 Å². The maximum atomic E-state index is 13.4. The first-order valence-corrected chi connectivity index (χ1v) is 6.03. The smallest absolute Gasteiger partial charge is 0.263 e. The van der Waals surface area contributed by atoms with Gasteiger partial charge in [-0.2, -0.15) is 10.1 Å². The summed E-state index contributed by atoms with van der Waals surface area (Å²) >= 11 is 0. The van der Waals surface area contributed by atoms with Crippen molar-refractivity contribution in [3.63, 3.8) is 0 Å². The summed E-state index contributed by atoms with van der Waals surface area (Å²) in [7, 11) is 0. The van der Waals surface area contributed by atoms with Crippen molar-refractivity contribution in [1.82, 2.24) is 20.2 Å². The molecule has 0 spiro atoms. The lowest BCUT2D eigenvalue weighted by Crippen LogP contribution is -2.46. The Hall–Kier alpha value is -1.99. The average Bonchev–Trinajstić information content (AvgIpc) is 2.81. The van der Waals surface area contributed by atoms with Crippen molar-refractivity contribution < 1.29 is 8.78 Å². The molecule has 1 saturated heterocycles. The van der Waals surface area contributed by atoms with Crippen molar-refractivity contribution in [3.8, 4) is 0 Å². The number of anilines is 1. The molecule has 2 N–H and O–H groups in total. The van der Waals surface area contributed by atoms with Gasteiger partial charge in [-0.1, -0.05) is 6.92 Å². The van der Waals surface area contributed by atoms with Crippen LogP contribution >= 0.6 is 0 Å². The molecule has 102 valence electrons. The quantitative estimate of drug-likeness (QED) is 0.813. The van der Waals surface area contributed by atoms with Gasteiger partial charge in [0.25, 0.3) is 11.5 Å². The second-order valence-electron chi connectivity index (χ2n) is 4.88. The number of aromatic amines is 2. The van der Waals surface area contributed by atoms with E-state index in [-0.39, 0.29) is 25.1 Å². The molecule has 1 atom stereocenters. The number of fused-ring (bicyclic) bond motifs is 1. The molecular formula is C11H13F2N5O. The summed E-state index contributed by atoms with van der Waals surface area (Å²) in [5.41, 5.74) is 0.0440. The average molecular weight is 269 g/mol. The van der Waals surface area contributed by atoms with E-state index in [1.807, 2.05) is 0 Å². The molecule has 2 aromatic rings. The number of aromatic nitrogens is 4. The first-order chi connectivity index (χ1) is 8.97. The Labute approximate surface area is 106 Å². The Kier molecular flexibility index (Phi) is 2.54. The van der Waals surface area contributed by atoms with E-state index in [1.54, 1.807) is 4.90 Å². The Balaban J connectivity index is 1.95. The molecule has 0 radical (unpaired) electrons.